The summed E-state index contributed by atoms with van der Waals surface area (Å²) in [6.07, 6.45) is -2.87. The second kappa shape index (κ2) is 5.95. The zero-order chi connectivity index (χ0) is 17.6. The number of rotatable bonds is 2. The van der Waals surface area contributed by atoms with Gasteiger partial charge in [-0.05, 0) is 24.6 Å². The van der Waals surface area contributed by atoms with Crippen LogP contribution in [0.3, 0.4) is 0 Å². The molecule has 0 bridgehead atoms. The maximum absolute atomic E-state index is 12.0. The van der Waals surface area contributed by atoms with Gasteiger partial charge in [0.15, 0.2) is 16.7 Å². The number of aromatic amines is 1. The summed E-state index contributed by atoms with van der Waals surface area (Å²) in [5, 5.41) is 22.7. The third kappa shape index (κ3) is 2.46. The summed E-state index contributed by atoms with van der Waals surface area (Å²) >= 11 is 12.0. The number of nitrogens with two attached hydrogens (primary N) is 1. The normalized spacial score (nSPS) is 31.0. The molecule has 2 aromatic rings. The summed E-state index contributed by atoms with van der Waals surface area (Å²) < 4.78 is 7.14. The number of nitrogens with one attached hydrogen (secondary N) is 1. The molecule has 1 aliphatic heterocycles. The fraction of sp³-hybridized carbons (Fsp3) is 0.429. The zero-order valence-corrected chi connectivity index (χ0v) is 13.9. The lowest BCUT2D eigenvalue weighted by atomic mass is 9.97. The van der Waals surface area contributed by atoms with E-state index in [4.69, 9.17) is 33.7 Å². The number of aromatic nitrogens is 3. The van der Waals surface area contributed by atoms with Crippen molar-refractivity contribution in [2.75, 3.05) is 5.73 Å². The molecule has 5 N–H and O–H groups in total. The summed E-state index contributed by atoms with van der Waals surface area (Å²) in [5.41, 5.74) is 5.37. The molecule has 3 heterocycles. The first-order valence-corrected chi connectivity index (χ1v) is 7.75. The van der Waals surface area contributed by atoms with Gasteiger partial charge in [0.2, 0.25) is 5.95 Å². The highest BCUT2D eigenvalue weighted by atomic mass is 35.5. The maximum Gasteiger partial charge on any atom is 0.261 e. The van der Waals surface area contributed by atoms with E-state index in [9.17, 15) is 15.0 Å². The molecule has 0 radical (unpaired) electrons. The van der Waals surface area contributed by atoms with E-state index in [0.717, 1.165) is 0 Å². The number of ether oxygens (including phenoxy) is 1. The Kier molecular flexibility index (Phi) is 4.23. The van der Waals surface area contributed by atoms with E-state index in [-0.39, 0.29) is 17.0 Å². The topological polar surface area (TPSA) is 126 Å². The average Bonchev–Trinajstić information content (AvgIpc) is 3.00. The fourth-order valence-electron chi connectivity index (χ4n) is 2.81. The maximum atomic E-state index is 12.0. The molecular formula is C14H14Cl2N4O4. The number of aliphatic hydroxyl groups is 2. The number of halogens is 2. The van der Waals surface area contributed by atoms with E-state index < -0.39 is 35.0 Å². The molecule has 0 saturated carbocycles. The molecule has 128 valence electrons. The molecule has 1 saturated heterocycles. The highest BCUT2D eigenvalue weighted by Gasteiger charge is 2.57. The van der Waals surface area contributed by atoms with Crippen LogP contribution in [0, 0.1) is 11.3 Å². The molecule has 24 heavy (non-hydrogen) atoms. The molecule has 10 heteroatoms. The lowest BCUT2D eigenvalue weighted by Crippen LogP contribution is -2.43. The van der Waals surface area contributed by atoms with Crippen LogP contribution in [0.1, 0.15) is 13.2 Å². The molecule has 1 aliphatic rings. The smallest absolute Gasteiger partial charge is 0.261 e. The van der Waals surface area contributed by atoms with Crippen LogP contribution >= 0.6 is 23.2 Å². The molecule has 0 aliphatic carbocycles. The minimum absolute atomic E-state index is 0.0818. The zero-order valence-electron chi connectivity index (χ0n) is 12.4. The van der Waals surface area contributed by atoms with Crippen LogP contribution in [-0.4, -0.2) is 47.9 Å². The summed E-state index contributed by atoms with van der Waals surface area (Å²) in [6, 6.07) is 1.51. The lowest BCUT2D eigenvalue weighted by Gasteiger charge is -2.25. The first-order chi connectivity index (χ1) is 11.3. The average molecular weight is 373 g/mol. The lowest BCUT2D eigenvalue weighted by molar-refractivity contribution is -0.0751. The van der Waals surface area contributed by atoms with E-state index >= 15 is 0 Å². The van der Waals surface area contributed by atoms with Gasteiger partial charge >= 0.3 is 0 Å². The SMILES string of the molecule is C[C@@H](O)[C@H]1O[C@@H](n2ccc3c(=O)[nH]c(N)nc32)C(Cl)(C#CCl)[C@H]1O. The third-order valence-corrected chi connectivity index (χ3v) is 4.55. The number of aliphatic hydroxyl groups excluding tert-OH is 2. The van der Waals surface area contributed by atoms with Gasteiger partial charge in [-0.3, -0.25) is 9.78 Å². The number of fused-ring (bicyclic) bond motifs is 1. The van der Waals surface area contributed by atoms with E-state index in [2.05, 4.69) is 21.3 Å². The Morgan fingerprint density at radius 3 is 2.96 bits per heavy atom. The number of nitrogen functional groups attached to an aromatic ring is 1. The predicted molar refractivity (Wildman–Crippen MR) is 88.6 cm³/mol. The Labute approximate surface area is 146 Å². The molecule has 1 unspecified atom stereocenters. The van der Waals surface area contributed by atoms with E-state index in [1.54, 1.807) is 0 Å². The Balaban J connectivity index is 2.20. The standard InChI is InChI=1S/C14H14Cl2N4O4/c1-6(21)8-9(22)14(16,3-4-15)12(24-8)20-5-2-7-10(20)18-13(17)19-11(7)23/h2,5-6,8-9,12,21-22H,1H3,(H3,17,18,19,23)/t6-,8-,9+,12-,14?/m1/s1. The van der Waals surface area contributed by atoms with Crippen molar-refractivity contribution in [3.8, 4) is 11.3 Å². The molecule has 1 fully saturated rings. The third-order valence-electron chi connectivity index (χ3n) is 3.95. The van der Waals surface area contributed by atoms with Crippen LogP contribution in [0.4, 0.5) is 5.95 Å². The van der Waals surface area contributed by atoms with Gasteiger partial charge in [-0.25, -0.2) is 0 Å². The monoisotopic (exact) mass is 372 g/mol. The van der Waals surface area contributed by atoms with Crippen LogP contribution in [0.2, 0.25) is 0 Å². The van der Waals surface area contributed by atoms with E-state index in [1.807, 2.05) is 0 Å². The summed E-state index contributed by atoms with van der Waals surface area (Å²) in [6.45, 7) is 1.45. The van der Waals surface area contributed by atoms with E-state index in [1.165, 1.54) is 23.8 Å². The van der Waals surface area contributed by atoms with Crippen LogP contribution in [-0.2, 0) is 4.74 Å². The summed E-state index contributed by atoms with van der Waals surface area (Å²) in [5.74, 6) is 2.43. The van der Waals surface area contributed by atoms with Crippen molar-refractivity contribution in [1.29, 1.82) is 0 Å². The quantitative estimate of drug-likeness (QED) is 0.438. The van der Waals surface area contributed by atoms with Gasteiger partial charge in [-0.15, -0.1) is 0 Å². The number of hydrogen-bond acceptors (Lipinski definition) is 6. The van der Waals surface area contributed by atoms with Gasteiger partial charge in [-0.1, -0.05) is 17.5 Å². The van der Waals surface area contributed by atoms with Gasteiger partial charge in [-0.2, -0.15) is 4.98 Å². The summed E-state index contributed by atoms with van der Waals surface area (Å²) in [4.78, 5) is 16.8. The van der Waals surface area contributed by atoms with Crippen molar-refractivity contribution in [1.82, 2.24) is 14.5 Å². The molecule has 3 rings (SSSR count). The van der Waals surface area contributed by atoms with Gasteiger partial charge < -0.3 is 25.3 Å². The number of alkyl halides is 1. The fourth-order valence-corrected chi connectivity index (χ4v) is 3.34. The van der Waals surface area contributed by atoms with Gasteiger partial charge in [0.05, 0.1) is 11.5 Å². The second-order valence-corrected chi connectivity index (χ2v) is 6.35. The molecule has 0 aromatic carbocycles. The molecule has 2 aromatic heterocycles. The first-order valence-electron chi connectivity index (χ1n) is 6.99. The van der Waals surface area contributed by atoms with Crippen LogP contribution in [0.15, 0.2) is 17.1 Å². The predicted octanol–water partition coefficient (Wildman–Crippen LogP) is 0.123. The Morgan fingerprint density at radius 2 is 2.33 bits per heavy atom. The molecule has 0 spiro atoms. The summed E-state index contributed by atoms with van der Waals surface area (Å²) in [7, 11) is 0. The number of hydrogen-bond donors (Lipinski definition) is 4. The molecule has 8 nitrogen and oxygen atoms in total. The van der Waals surface area contributed by atoms with Gasteiger partial charge in [0.1, 0.15) is 12.2 Å². The Hall–Kier alpha value is -1.76. The molecule has 0 amide bonds. The number of anilines is 1. The highest BCUT2D eigenvalue weighted by Crippen LogP contribution is 2.45. The van der Waals surface area contributed by atoms with Crippen molar-refractivity contribution in [2.45, 2.75) is 36.3 Å². The minimum atomic E-state index is -1.64. The largest absolute Gasteiger partial charge is 0.391 e. The number of H-pyrrole nitrogens is 1. The first kappa shape index (κ1) is 17.1. The molecular weight excluding hydrogens is 359 g/mol. The van der Waals surface area contributed by atoms with Crippen LogP contribution in [0.5, 0.6) is 0 Å². The highest BCUT2D eigenvalue weighted by molar-refractivity contribution is 6.32. The second-order valence-electron chi connectivity index (χ2n) is 5.54. The van der Waals surface area contributed by atoms with E-state index in [0.29, 0.717) is 0 Å². The van der Waals surface area contributed by atoms with Crippen LogP contribution < -0.4 is 11.3 Å². The van der Waals surface area contributed by atoms with Crippen molar-refractivity contribution >= 4 is 40.2 Å². The van der Waals surface area contributed by atoms with Gasteiger partial charge in [0, 0.05) is 11.6 Å². The van der Waals surface area contributed by atoms with Crippen molar-refractivity contribution in [3.63, 3.8) is 0 Å². The Bertz CT molecular complexity index is 900. The Morgan fingerprint density at radius 1 is 1.62 bits per heavy atom. The van der Waals surface area contributed by atoms with Crippen molar-refractivity contribution in [2.24, 2.45) is 0 Å². The number of nitrogens with zero attached hydrogens (tertiary/aromatic N) is 2. The minimum Gasteiger partial charge on any atom is -0.391 e. The van der Waals surface area contributed by atoms with Crippen molar-refractivity contribution in [3.05, 3.63) is 22.6 Å². The molecule has 5 atom stereocenters. The van der Waals surface area contributed by atoms with Crippen molar-refractivity contribution < 1.29 is 14.9 Å². The van der Waals surface area contributed by atoms with Gasteiger partial charge in [0.25, 0.3) is 5.56 Å². The van der Waals surface area contributed by atoms with Crippen LogP contribution in [0.25, 0.3) is 11.0 Å².